The maximum absolute atomic E-state index is 10.6. The van der Waals surface area contributed by atoms with Crippen molar-refractivity contribution in [2.45, 2.75) is 4.90 Å². The van der Waals surface area contributed by atoms with Gasteiger partial charge in [0.2, 0.25) is 0 Å². The molecule has 0 aliphatic carbocycles. The molecule has 2 aromatic rings. The minimum absolute atomic E-state index is 0.151. The Hall–Kier alpha value is -1.82. The molecule has 0 aliphatic rings. The highest BCUT2D eigenvalue weighted by atomic mass is 32.1. The zero-order valence-electron chi connectivity index (χ0n) is 8.49. The third-order valence-electron chi connectivity index (χ3n) is 2.16. The minimum atomic E-state index is -0.506. The lowest BCUT2D eigenvalue weighted by Gasteiger charge is -1.97. The summed E-state index contributed by atoms with van der Waals surface area (Å²) in [6.45, 7) is 0. The predicted octanol–water partition coefficient (Wildman–Crippen LogP) is 2.28. The summed E-state index contributed by atoms with van der Waals surface area (Å²) in [5, 5.41) is 10.6. The van der Waals surface area contributed by atoms with Crippen molar-refractivity contribution in [2.24, 2.45) is 7.05 Å². The molecule has 0 amide bonds. The molecular weight excluding hydrogens is 226 g/mol. The molecule has 0 saturated heterocycles. The maximum atomic E-state index is 10.6. The lowest BCUT2D eigenvalue weighted by atomic mass is 10.2. The first-order valence-corrected chi connectivity index (χ1v) is 5.00. The van der Waals surface area contributed by atoms with E-state index in [9.17, 15) is 10.1 Å². The SMILES string of the molecule is Cn1cc([N+](=O)[O-])nc1-c1cccc(S)c1. The number of thiol groups is 1. The highest BCUT2D eigenvalue weighted by Gasteiger charge is 2.17. The van der Waals surface area contributed by atoms with Crippen molar-refractivity contribution in [2.75, 3.05) is 0 Å². The number of nitro groups is 1. The Morgan fingerprint density at radius 1 is 1.50 bits per heavy atom. The van der Waals surface area contributed by atoms with Gasteiger partial charge < -0.3 is 14.7 Å². The number of nitrogens with zero attached hydrogens (tertiary/aromatic N) is 3. The van der Waals surface area contributed by atoms with Crippen LogP contribution in [0.2, 0.25) is 0 Å². The molecule has 0 bridgehead atoms. The van der Waals surface area contributed by atoms with Crippen LogP contribution in [0.5, 0.6) is 0 Å². The molecule has 0 saturated carbocycles. The molecule has 0 radical (unpaired) electrons. The van der Waals surface area contributed by atoms with Gasteiger partial charge in [-0.1, -0.05) is 6.07 Å². The Kier molecular flexibility index (Phi) is 2.66. The Morgan fingerprint density at radius 2 is 2.25 bits per heavy atom. The van der Waals surface area contributed by atoms with Gasteiger partial charge in [0.05, 0.1) is 0 Å². The van der Waals surface area contributed by atoms with Crippen molar-refractivity contribution in [3.8, 4) is 11.4 Å². The summed E-state index contributed by atoms with van der Waals surface area (Å²) in [5.74, 6) is 0.407. The van der Waals surface area contributed by atoms with Crippen LogP contribution in [0.25, 0.3) is 11.4 Å². The minimum Gasteiger partial charge on any atom is -0.358 e. The second-order valence-electron chi connectivity index (χ2n) is 3.34. The molecule has 0 N–H and O–H groups in total. The van der Waals surface area contributed by atoms with Gasteiger partial charge in [0.1, 0.15) is 6.20 Å². The van der Waals surface area contributed by atoms with E-state index in [2.05, 4.69) is 17.6 Å². The first-order chi connectivity index (χ1) is 7.58. The zero-order valence-corrected chi connectivity index (χ0v) is 9.39. The molecule has 0 spiro atoms. The highest BCUT2D eigenvalue weighted by Crippen LogP contribution is 2.23. The zero-order chi connectivity index (χ0) is 11.7. The van der Waals surface area contributed by atoms with Crippen molar-refractivity contribution < 1.29 is 4.92 Å². The second-order valence-corrected chi connectivity index (χ2v) is 3.86. The Labute approximate surface area is 97.3 Å². The Morgan fingerprint density at radius 3 is 2.81 bits per heavy atom. The fraction of sp³-hybridized carbons (Fsp3) is 0.100. The van der Waals surface area contributed by atoms with E-state index in [1.54, 1.807) is 11.6 Å². The Balaban J connectivity index is 2.52. The van der Waals surface area contributed by atoms with Crippen LogP contribution in [0.3, 0.4) is 0 Å². The number of aromatic nitrogens is 2. The summed E-state index contributed by atoms with van der Waals surface area (Å²) in [6.07, 6.45) is 1.39. The van der Waals surface area contributed by atoms with Crippen LogP contribution >= 0.6 is 12.6 Å². The van der Waals surface area contributed by atoms with Gasteiger partial charge in [0.25, 0.3) is 5.82 Å². The quantitative estimate of drug-likeness (QED) is 0.493. The molecule has 5 nitrogen and oxygen atoms in total. The van der Waals surface area contributed by atoms with Crippen LogP contribution in [0.15, 0.2) is 35.4 Å². The van der Waals surface area contributed by atoms with E-state index in [4.69, 9.17) is 0 Å². The normalized spacial score (nSPS) is 10.4. The van der Waals surface area contributed by atoms with Crippen molar-refractivity contribution in [3.05, 3.63) is 40.6 Å². The third-order valence-corrected chi connectivity index (χ3v) is 2.43. The van der Waals surface area contributed by atoms with Crippen molar-refractivity contribution >= 4 is 18.4 Å². The summed E-state index contributed by atoms with van der Waals surface area (Å²) < 4.78 is 1.63. The lowest BCUT2D eigenvalue weighted by Crippen LogP contribution is -1.90. The van der Waals surface area contributed by atoms with Gasteiger partial charge in [-0.3, -0.25) is 0 Å². The summed E-state index contributed by atoms with van der Waals surface area (Å²) in [7, 11) is 1.72. The molecule has 0 fully saturated rings. The van der Waals surface area contributed by atoms with E-state index in [1.807, 2.05) is 24.3 Å². The number of hydrogen-bond acceptors (Lipinski definition) is 4. The van der Waals surface area contributed by atoms with Crippen molar-refractivity contribution in [1.82, 2.24) is 9.55 Å². The first kappa shape index (κ1) is 10.7. The Bertz CT molecular complexity index is 551. The molecule has 0 aliphatic heterocycles. The van der Waals surface area contributed by atoms with Gasteiger partial charge >= 0.3 is 5.82 Å². The fourth-order valence-electron chi connectivity index (χ4n) is 1.45. The van der Waals surface area contributed by atoms with Gasteiger partial charge in [0.15, 0.2) is 0 Å². The molecule has 82 valence electrons. The van der Waals surface area contributed by atoms with Gasteiger partial charge in [-0.05, 0) is 28.1 Å². The summed E-state index contributed by atoms with van der Waals surface area (Å²) in [6, 6.07) is 7.32. The molecule has 1 aromatic carbocycles. The number of imidazole rings is 1. The van der Waals surface area contributed by atoms with Crippen LogP contribution in [0, 0.1) is 10.1 Å². The molecule has 0 atom stereocenters. The van der Waals surface area contributed by atoms with E-state index in [0.717, 1.165) is 10.5 Å². The molecule has 0 unspecified atom stereocenters. The maximum Gasteiger partial charge on any atom is 0.382 e. The van der Waals surface area contributed by atoms with E-state index in [1.165, 1.54) is 6.20 Å². The summed E-state index contributed by atoms with van der Waals surface area (Å²) in [5.41, 5.74) is 0.808. The monoisotopic (exact) mass is 235 g/mol. The predicted molar refractivity (Wildman–Crippen MR) is 62.6 cm³/mol. The standard InChI is InChI=1S/C10H9N3O2S/c1-12-6-9(13(14)15)11-10(12)7-3-2-4-8(16)5-7/h2-6,16H,1H3. The molecule has 6 heteroatoms. The van der Waals surface area contributed by atoms with E-state index < -0.39 is 4.92 Å². The van der Waals surface area contributed by atoms with Crippen molar-refractivity contribution in [1.29, 1.82) is 0 Å². The second kappa shape index (κ2) is 3.97. The van der Waals surface area contributed by atoms with E-state index >= 15 is 0 Å². The molecule has 16 heavy (non-hydrogen) atoms. The lowest BCUT2D eigenvalue weighted by molar-refractivity contribution is -0.389. The van der Waals surface area contributed by atoms with Crippen molar-refractivity contribution in [3.63, 3.8) is 0 Å². The molecular formula is C10H9N3O2S. The van der Waals surface area contributed by atoms with E-state index in [-0.39, 0.29) is 5.82 Å². The van der Waals surface area contributed by atoms with Crippen LogP contribution in [0.1, 0.15) is 0 Å². The largest absolute Gasteiger partial charge is 0.382 e. The number of rotatable bonds is 2. The molecule has 2 rings (SSSR count). The van der Waals surface area contributed by atoms with E-state index in [0.29, 0.717) is 5.82 Å². The molecule has 1 aromatic heterocycles. The third kappa shape index (κ3) is 1.92. The van der Waals surface area contributed by atoms with Crippen LogP contribution < -0.4 is 0 Å². The fourth-order valence-corrected chi connectivity index (χ4v) is 1.68. The average Bonchev–Trinajstić information content (AvgIpc) is 2.60. The van der Waals surface area contributed by atoms with Gasteiger partial charge in [0, 0.05) is 17.5 Å². The van der Waals surface area contributed by atoms with Gasteiger partial charge in [-0.2, -0.15) is 0 Å². The first-order valence-electron chi connectivity index (χ1n) is 4.55. The molecule has 1 heterocycles. The topological polar surface area (TPSA) is 61.0 Å². The number of aryl methyl sites for hydroxylation is 1. The number of hydrogen-bond donors (Lipinski definition) is 1. The van der Waals surface area contributed by atoms with Crippen LogP contribution in [-0.2, 0) is 7.05 Å². The summed E-state index contributed by atoms with van der Waals surface area (Å²) in [4.78, 5) is 14.8. The van der Waals surface area contributed by atoms with Crippen LogP contribution in [-0.4, -0.2) is 14.5 Å². The highest BCUT2D eigenvalue weighted by molar-refractivity contribution is 7.80. The summed E-state index contributed by atoms with van der Waals surface area (Å²) >= 11 is 4.22. The van der Waals surface area contributed by atoms with Gasteiger partial charge in [-0.15, -0.1) is 12.6 Å². The smallest absolute Gasteiger partial charge is 0.358 e. The van der Waals surface area contributed by atoms with Crippen LogP contribution in [0.4, 0.5) is 5.82 Å². The number of benzene rings is 1. The average molecular weight is 235 g/mol. The van der Waals surface area contributed by atoms with Gasteiger partial charge in [-0.25, -0.2) is 0 Å².